The van der Waals surface area contributed by atoms with Crippen LogP contribution < -0.4 is 0 Å². The predicted molar refractivity (Wildman–Crippen MR) is 156 cm³/mol. The Hall–Kier alpha value is -0.170. The summed E-state index contributed by atoms with van der Waals surface area (Å²) in [5.74, 6) is 3.44. The van der Waals surface area contributed by atoms with Crippen molar-refractivity contribution in [2.45, 2.75) is 111 Å². The second-order valence-corrected chi connectivity index (χ2v) is 15.4. The molecule has 0 rings (SSSR count). The lowest BCUT2D eigenvalue weighted by Gasteiger charge is -2.23. The Labute approximate surface area is 226 Å². The average molecular weight is 535 g/mol. The normalized spacial score (nSPS) is 16.3. The van der Waals surface area contributed by atoms with E-state index in [1.54, 1.807) is 7.11 Å². The molecule has 6 heteroatoms. The SMILES string of the molecule is COC(COCCC(C)CCCC(C)CCCC(C)CCCC(C)C)CS(=O)(=O)CCC[N+](C)(C)C. The second kappa shape index (κ2) is 19.8. The summed E-state index contributed by atoms with van der Waals surface area (Å²) in [5.41, 5.74) is 0. The number of hydrogen-bond donors (Lipinski definition) is 0. The van der Waals surface area contributed by atoms with Gasteiger partial charge >= 0.3 is 0 Å². The van der Waals surface area contributed by atoms with E-state index in [1.807, 2.05) is 0 Å². The van der Waals surface area contributed by atoms with Crippen LogP contribution >= 0.6 is 0 Å². The summed E-state index contributed by atoms with van der Waals surface area (Å²) in [5, 5.41) is 0. The molecule has 0 N–H and O–H groups in total. The molecule has 4 atom stereocenters. The molecule has 5 nitrogen and oxygen atoms in total. The van der Waals surface area contributed by atoms with E-state index in [0.717, 1.165) is 35.2 Å². The number of nitrogens with zero attached hydrogens (tertiary/aromatic N) is 1. The Kier molecular flexibility index (Phi) is 19.7. The molecule has 0 aromatic carbocycles. The number of methoxy groups -OCH3 is 1. The van der Waals surface area contributed by atoms with Crippen LogP contribution in [0.3, 0.4) is 0 Å². The van der Waals surface area contributed by atoms with Crippen LogP contribution in [0.15, 0.2) is 0 Å². The molecule has 0 heterocycles. The van der Waals surface area contributed by atoms with E-state index in [2.05, 4.69) is 55.8 Å². The van der Waals surface area contributed by atoms with Crippen molar-refractivity contribution >= 4 is 9.84 Å². The van der Waals surface area contributed by atoms with Crippen molar-refractivity contribution in [1.82, 2.24) is 0 Å². The Bertz CT molecular complexity index is 615. The lowest BCUT2D eigenvalue weighted by atomic mass is 9.91. The highest BCUT2D eigenvalue weighted by Crippen LogP contribution is 2.22. The molecule has 0 fully saturated rings. The first-order valence-electron chi connectivity index (χ1n) is 14.9. The first-order chi connectivity index (χ1) is 16.7. The Balaban J connectivity index is 3.90. The highest BCUT2D eigenvalue weighted by molar-refractivity contribution is 7.91. The van der Waals surface area contributed by atoms with Crippen molar-refractivity contribution in [2.75, 3.05) is 59.5 Å². The number of rotatable bonds is 24. The highest BCUT2D eigenvalue weighted by atomic mass is 32.2. The molecule has 0 aliphatic rings. The molecule has 0 aliphatic carbocycles. The Morgan fingerprint density at radius 1 is 0.694 bits per heavy atom. The molecule has 218 valence electrons. The van der Waals surface area contributed by atoms with Crippen molar-refractivity contribution in [3.63, 3.8) is 0 Å². The molecular formula is C30H64NO4S+. The third kappa shape index (κ3) is 23.0. The monoisotopic (exact) mass is 534 g/mol. The maximum absolute atomic E-state index is 12.4. The van der Waals surface area contributed by atoms with E-state index in [-0.39, 0.29) is 17.6 Å². The number of ether oxygens (including phenoxy) is 2. The van der Waals surface area contributed by atoms with Crippen LogP contribution in [0.2, 0.25) is 0 Å². The highest BCUT2D eigenvalue weighted by Gasteiger charge is 2.20. The first kappa shape index (κ1) is 35.8. The first-order valence-corrected chi connectivity index (χ1v) is 16.7. The van der Waals surface area contributed by atoms with Crippen LogP contribution in [-0.4, -0.2) is 78.5 Å². The Morgan fingerprint density at radius 2 is 1.17 bits per heavy atom. The van der Waals surface area contributed by atoms with Gasteiger partial charge in [0, 0.05) is 20.1 Å². The summed E-state index contributed by atoms with van der Waals surface area (Å²) in [6.45, 7) is 13.7. The van der Waals surface area contributed by atoms with Gasteiger partial charge in [-0.2, -0.15) is 0 Å². The molecule has 0 aliphatic heterocycles. The topological polar surface area (TPSA) is 52.6 Å². The lowest BCUT2D eigenvalue weighted by Crippen LogP contribution is -2.37. The van der Waals surface area contributed by atoms with Crippen molar-refractivity contribution in [3.8, 4) is 0 Å². The van der Waals surface area contributed by atoms with Gasteiger partial charge in [0.25, 0.3) is 0 Å². The van der Waals surface area contributed by atoms with Crippen LogP contribution in [0.1, 0.15) is 105 Å². The van der Waals surface area contributed by atoms with Crippen molar-refractivity contribution in [1.29, 1.82) is 0 Å². The van der Waals surface area contributed by atoms with Crippen LogP contribution in [0.25, 0.3) is 0 Å². The lowest BCUT2D eigenvalue weighted by molar-refractivity contribution is -0.870. The average Bonchev–Trinajstić information content (AvgIpc) is 2.74. The maximum Gasteiger partial charge on any atom is 0.153 e. The zero-order valence-electron chi connectivity index (χ0n) is 25.7. The summed E-state index contributed by atoms with van der Waals surface area (Å²) in [4.78, 5) is 0. The van der Waals surface area contributed by atoms with E-state index in [1.165, 1.54) is 57.8 Å². The molecule has 0 saturated heterocycles. The van der Waals surface area contributed by atoms with E-state index in [4.69, 9.17) is 9.47 Å². The molecule has 0 amide bonds. The van der Waals surface area contributed by atoms with E-state index < -0.39 is 9.84 Å². The van der Waals surface area contributed by atoms with E-state index >= 15 is 0 Å². The van der Waals surface area contributed by atoms with Gasteiger partial charge in [0.05, 0.1) is 51.9 Å². The summed E-state index contributed by atoms with van der Waals surface area (Å²) >= 11 is 0. The van der Waals surface area contributed by atoms with Gasteiger partial charge in [0.15, 0.2) is 9.84 Å². The molecule has 0 saturated carbocycles. The molecular weight excluding hydrogens is 470 g/mol. The predicted octanol–water partition coefficient (Wildman–Crippen LogP) is 6.99. The minimum absolute atomic E-state index is 0.0464. The fourth-order valence-electron chi connectivity index (χ4n) is 4.75. The molecule has 0 radical (unpaired) electrons. The van der Waals surface area contributed by atoms with Crippen LogP contribution in [-0.2, 0) is 19.3 Å². The van der Waals surface area contributed by atoms with Crippen LogP contribution in [0.5, 0.6) is 0 Å². The van der Waals surface area contributed by atoms with Gasteiger partial charge in [0.2, 0.25) is 0 Å². The summed E-state index contributed by atoms with van der Waals surface area (Å²) in [7, 11) is 4.70. The molecule has 4 unspecified atom stereocenters. The summed E-state index contributed by atoms with van der Waals surface area (Å²) < 4.78 is 36.8. The zero-order chi connectivity index (χ0) is 27.6. The molecule has 0 bridgehead atoms. The van der Waals surface area contributed by atoms with Gasteiger partial charge in [-0.25, -0.2) is 8.42 Å². The third-order valence-electron chi connectivity index (χ3n) is 7.38. The largest absolute Gasteiger partial charge is 0.379 e. The van der Waals surface area contributed by atoms with Crippen molar-refractivity contribution in [3.05, 3.63) is 0 Å². The van der Waals surface area contributed by atoms with Crippen molar-refractivity contribution in [2.24, 2.45) is 23.7 Å². The van der Waals surface area contributed by atoms with Crippen LogP contribution in [0.4, 0.5) is 0 Å². The quantitative estimate of drug-likeness (QED) is 0.0988. The summed E-state index contributed by atoms with van der Waals surface area (Å²) in [6, 6.07) is 0. The minimum atomic E-state index is -3.12. The van der Waals surface area contributed by atoms with Gasteiger partial charge in [-0.3, -0.25) is 0 Å². The number of sulfone groups is 1. The second-order valence-electron chi connectivity index (χ2n) is 13.2. The Morgan fingerprint density at radius 3 is 1.61 bits per heavy atom. The standard InChI is InChI=1S/C30H64NO4S/c1-26(2)14-10-15-27(3)16-11-17-28(4)18-12-19-29(5)20-22-35-24-30(34-9)25-36(32,33)23-13-21-31(6,7)8/h26-30H,10-25H2,1-9H3/q+1. The third-order valence-corrected chi connectivity index (χ3v) is 9.17. The van der Waals surface area contributed by atoms with E-state index in [0.29, 0.717) is 25.6 Å². The van der Waals surface area contributed by atoms with Gasteiger partial charge in [-0.1, -0.05) is 92.4 Å². The molecule has 0 aromatic rings. The molecule has 36 heavy (non-hydrogen) atoms. The zero-order valence-corrected chi connectivity index (χ0v) is 26.5. The van der Waals surface area contributed by atoms with Gasteiger partial charge in [-0.15, -0.1) is 0 Å². The van der Waals surface area contributed by atoms with Crippen molar-refractivity contribution < 1.29 is 22.4 Å². The van der Waals surface area contributed by atoms with Gasteiger partial charge < -0.3 is 14.0 Å². The van der Waals surface area contributed by atoms with Gasteiger partial charge in [0.1, 0.15) is 0 Å². The maximum atomic E-state index is 12.4. The smallest absolute Gasteiger partial charge is 0.153 e. The summed E-state index contributed by atoms with van der Waals surface area (Å²) in [6.07, 6.45) is 13.5. The molecule has 0 spiro atoms. The minimum Gasteiger partial charge on any atom is -0.379 e. The van der Waals surface area contributed by atoms with E-state index in [9.17, 15) is 8.42 Å². The fraction of sp³-hybridized carbons (Fsp3) is 1.00. The molecule has 0 aromatic heterocycles. The number of quaternary nitrogens is 1. The number of hydrogen-bond acceptors (Lipinski definition) is 4. The fourth-order valence-corrected chi connectivity index (χ4v) is 6.28. The van der Waals surface area contributed by atoms with Gasteiger partial charge in [-0.05, 0) is 30.1 Å². The van der Waals surface area contributed by atoms with Crippen LogP contribution in [0, 0.1) is 23.7 Å².